The van der Waals surface area contributed by atoms with E-state index in [2.05, 4.69) is 6.92 Å². The van der Waals surface area contributed by atoms with Gasteiger partial charge in [-0.15, -0.1) is 0 Å². The Kier molecular flexibility index (Phi) is 21.0. The molecule has 0 amide bonds. The molecule has 0 spiro atoms. The summed E-state index contributed by atoms with van der Waals surface area (Å²) in [6.45, 7) is 3.02. The van der Waals surface area contributed by atoms with Crippen LogP contribution in [0.2, 0.25) is 0 Å². The number of quaternary nitrogens is 1. The summed E-state index contributed by atoms with van der Waals surface area (Å²) in [5.41, 5.74) is 0. The van der Waals surface area contributed by atoms with E-state index >= 15 is 0 Å². The summed E-state index contributed by atoms with van der Waals surface area (Å²) < 4.78 is 0. The van der Waals surface area contributed by atoms with Crippen LogP contribution < -0.4 is 4.90 Å². The molecule has 0 aromatic carbocycles. The van der Waals surface area contributed by atoms with Gasteiger partial charge in [0.15, 0.2) is 0 Å². The van der Waals surface area contributed by atoms with Gasteiger partial charge < -0.3 is 15.5 Å². The zero-order valence-corrected chi connectivity index (χ0v) is 17.2. The van der Waals surface area contributed by atoms with Crippen LogP contribution in [0.25, 0.3) is 0 Å². The van der Waals surface area contributed by atoms with Crippen LogP contribution in [0.15, 0.2) is 0 Å². The molecule has 1 atom stereocenters. The number of unbranched alkanes of at least 4 members (excludes halogenated alkanes) is 13. The van der Waals surface area contributed by atoms with Crippen LogP contribution in [-0.2, 0) is 4.79 Å². The number of carboxylic acid groups (broad SMARTS) is 1. The summed E-state index contributed by atoms with van der Waals surface area (Å²) in [5, 5.41) is 9.21. The third-order valence-corrected chi connectivity index (χ3v) is 4.91. The lowest BCUT2D eigenvalue weighted by atomic mass is 9.99. The molecule has 0 radical (unpaired) electrons. The molecule has 1 unspecified atom stereocenters. The summed E-state index contributed by atoms with van der Waals surface area (Å²) in [4.78, 5) is 12.4. The van der Waals surface area contributed by atoms with Gasteiger partial charge in [-0.25, -0.2) is 0 Å². The number of rotatable bonds is 18. The first-order valence-electron chi connectivity index (χ1n) is 10.6. The monoisotopic (exact) mass is 359 g/mol. The fourth-order valence-corrected chi connectivity index (χ4v) is 3.39. The fourth-order valence-electron chi connectivity index (χ4n) is 3.39. The summed E-state index contributed by atoms with van der Waals surface area (Å²) in [6.07, 6.45) is 19.7. The molecule has 152 valence electrons. The minimum atomic E-state index is -0.620. The maximum absolute atomic E-state index is 11.2. The van der Waals surface area contributed by atoms with Gasteiger partial charge in [0, 0.05) is 0 Å². The quantitative estimate of drug-likeness (QED) is 0.353. The van der Waals surface area contributed by atoms with Crippen molar-refractivity contribution in [2.45, 2.75) is 103 Å². The summed E-state index contributed by atoms with van der Waals surface area (Å²) >= 11 is 0. The van der Waals surface area contributed by atoms with Gasteiger partial charge in [-0.3, -0.25) is 4.79 Å². The van der Waals surface area contributed by atoms with Crippen molar-refractivity contribution in [3.63, 3.8) is 0 Å². The number of nitrogens with one attached hydrogen (secondary N) is 1. The highest BCUT2D eigenvalue weighted by atomic mass is 16.4. The Hall–Kier alpha value is -0.610. The Morgan fingerprint density at radius 3 is 1.44 bits per heavy atom. The van der Waals surface area contributed by atoms with Gasteiger partial charge >= 0.3 is 5.97 Å². The molecule has 0 saturated carbocycles. The van der Waals surface area contributed by atoms with Gasteiger partial charge in [0.2, 0.25) is 0 Å². The van der Waals surface area contributed by atoms with E-state index in [4.69, 9.17) is 0 Å². The van der Waals surface area contributed by atoms with Gasteiger partial charge in [0.1, 0.15) is 5.92 Å². The van der Waals surface area contributed by atoms with Crippen molar-refractivity contribution in [2.24, 2.45) is 5.92 Å². The molecule has 4 nitrogen and oxygen atoms in total. The van der Waals surface area contributed by atoms with E-state index in [0.29, 0.717) is 0 Å². The zero-order chi connectivity index (χ0) is 18.0. The number of carboxylic acids is 1. The van der Waals surface area contributed by atoms with Crippen molar-refractivity contribution < 1.29 is 20.3 Å². The van der Waals surface area contributed by atoms with Crippen LogP contribution in [-0.4, -0.2) is 37.2 Å². The van der Waals surface area contributed by atoms with Crippen molar-refractivity contribution in [3.8, 4) is 0 Å². The highest BCUT2D eigenvalue weighted by molar-refractivity contribution is 5.69. The predicted molar refractivity (Wildman–Crippen MR) is 106 cm³/mol. The largest absolute Gasteiger partial charge is 0.870 e. The minimum Gasteiger partial charge on any atom is -0.870 e. The van der Waals surface area contributed by atoms with Crippen molar-refractivity contribution in [2.75, 3.05) is 20.6 Å². The van der Waals surface area contributed by atoms with Gasteiger partial charge in [-0.05, 0) is 6.42 Å². The van der Waals surface area contributed by atoms with Crippen molar-refractivity contribution in [3.05, 3.63) is 0 Å². The van der Waals surface area contributed by atoms with Gasteiger partial charge in [-0.2, -0.15) is 0 Å². The molecule has 0 bridgehead atoms. The molecule has 0 fully saturated rings. The highest BCUT2D eigenvalue weighted by Crippen LogP contribution is 2.14. The molecule has 0 saturated heterocycles. The smallest absolute Gasteiger partial charge is 0.312 e. The van der Waals surface area contributed by atoms with Crippen LogP contribution in [0.4, 0.5) is 0 Å². The van der Waals surface area contributed by atoms with Crippen molar-refractivity contribution in [1.82, 2.24) is 0 Å². The van der Waals surface area contributed by atoms with Crippen LogP contribution in [0.5, 0.6) is 0 Å². The van der Waals surface area contributed by atoms with Crippen LogP contribution in [0.1, 0.15) is 103 Å². The lowest BCUT2D eigenvalue weighted by molar-refractivity contribution is -0.861. The van der Waals surface area contributed by atoms with E-state index in [9.17, 15) is 9.90 Å². The van der Waals surface area contributed by atoms with Gasteiger partial charge in [-0.1, -0.05) is 96.8 Å². The second kappa shape index (κ2) is 19.7. The lowest BCUT2D eigenvalue weighted by Gasteiger charge is -2.14. The lowest BCUT2D eigenvalue weighted by Crippen LogP contribution is -3.06. The first-order valence-corrected chi connectivity index (χ1v) is 10.6. The van der Waals surface area contributed by atoms with Crippen LogP contribution >= 0.6 is 0 Å². The van der Waals surface area contributed by atoms with E-state index in [1.54, 1.807) is 0 Å². The van der Waals surface area contributed by atoms with Crippen LogP contribution in [0, 0.1) is 5.92 Å². The van der Waals surface area contributed by atoms with Gasteiger partial charge in [0.05, 0.1) is 20.6 Å². The third-order valence-electron chi connectivity index (χ3n) is 4.91. The fraction of sp³-hybridized carbons (Fsp3) is 0.952. The molecule has 3 N–H and O–H groups in total. The highest BCUT2D eigenvalue weighted by Gasteiger charge is 2.19. The summed E-state index contributed by atoms with van der Waals surface area (Å²) in [7, 11) is 4.06. The Bertz CT molecular complexity index is 282. The third kappa shape index (κ3) is 19.6. The molecular weight excluding hydrogens is 314 g/mol. The standard InChI is InChI=1S/C21H43NO2.H2O/c1-4-5-6-7-8-9-10-11-12-13-14-15-16-17-18-20(21(23)24)19-22(2)3;/h20H,4-19H2,1-3H3,(H,23,24);1H2. The van der Waals surface area contributed by atoms with E-state index in [0.717, 1.165) is 19.4 Å². The second-order valence-corrected chi connectivity index (χ2v) is 7.83. The first-order chi connectivity index (χ1) is 11.6. The number of aliphatic carboxylic acids is 1. The SMILES string of the molecule is CCCCCCCCCCCCCCCCC(C[NH+](C)C)C(=O)O.[OH-]. The molecule has 0 aliphatic rings. The number of hydrogen-bond acceptors (Lipinski definition) is 2. The average Bonchev–Trinajstić information content (AvgIpc) is 2.53. The first kappa shape index (κ1) is 26.6. The molecular formula is C21H45NO3. The predicted octanol–water partition coefficient (Wildman–Crippen LogP) is 4.53. The van der Waals surface area contributed by atoms with Crippen molar-refractivity contribution in [1.29, 1.82) is 0 Å². The maximum atomic E-state index is 11.2. The Morgan fingerprint density at radius 2 is 1.12 bits per heavy atom. The molecule has 0 aliphatic carbocycles. The Morgan fingerprint density at radius 1 is 0.760 bits per heavy atom. The van der Waals surface area contributed by atoms with E-state index in [1.807, 2.05) is 14.1 Å². The molecule has 0 heterocycles. The second-order valence-electron chi connectivity index (χ2n) is 7.83. The molecule has 0 rings (SSSR count). The van der Waals surface area contributed by atoms with Crippen LogP contribution in [0.3, 0.4) is 0 Å². The van der Waals surface area contributed by atoms with E-state index in [-0.39, 0.29) is 11.4 Å². The zero-order valence-electron chi connectivity index (χ0n) is 17.2. The summed E-state index contributed by atoms with van der Waals surface area (Å²) in [6, 6.07) is 0. The molecule has 25 heavy (non-hydrogen) atoms. The average molecular weight is 360 g/mol. The van der Waals surface area contributed by atoms with E-state index in [1.165, 1.54) is 88.4 Å². The topological polar surface area (TPSA) is 71.7 Å². The van der Waals surface area contributed by atoms with Crippen molar-refractivity contribution >= 4 is 5.97 Å². The molecule has 4 heteroatoms. The Labute approximate surface area is 156 Å². The molecule has 0 aromatic rings. The van der Waals surface area contributed by atoms with Gasteiger partial charge in [0.25, 0.3) is 0 Å². The summed E-state index contributed by atoms with van der Waals surface area (Å²) in [5.74, 6) is -0.779. The maximum Gasteiger partial charge on any atom is 0.312 e. The van der Waals surface area contributed by atoms with E-state index < -0.39 is 5.97 Å². The normalized spacial score (nSPS) is 12.2. The minimum absolute atomic E-state index is 0. The Balaban J connectivity index is 0. The molecule has 0 aliphatic heterocycles. The number of carbonyl (C=O) groups is 1. The number of hydrogen-bond donors (Lipinski definition) is 2. The molecule has 0 aromatic heterocycles.